The van der Waals surface area contributed by atoms with Gasteiger partial charge in [-0.1, -0.05) is 18.2 Å². The van der Waals surface area contributed by atoms with Crippen molar-refractivity contribution in [3.63, 3.8) is 0 Å². The Morgan fingerprint density at radius 3 is 1.98 bits per heavy atom. The molecule has 2 unspecified atom stereocenters. The molecule has 1 aliphatic heterocycles. The molecule has 1 fully saturated rings. The van der Waals surface area contributed by atoms with Gasteiger partial charge in [-0.3, -0.25) is 14.6 Å². The first-order valence-corrected chi connectivity index (χ1v) is 12.1. The van der Waals surface area contributed by atoms with E-state index in [1.165, 1.54) is 24.3 Å². The monoisotopic (exact) mass is 602 g/mol. The van der Waals surface area contributed by atoms with Gasteiger partial charge in [0.1, 0.15) is 5.54 Å². The van der Waals surface area contributed by atoms with E-state index in [9.17, 15) is 49.1 Å². The van der Waals surface area contributed by atoms with Gasteiger partial charge in [0.05, 0.1) is 30.0 Å². The number of halogens is 10. The van der Waals surface area contributed by atoms with E-state index in [0.717, 1.165) is 7.11 Å². The number of nitrogens with zero attached hydrogens (tertiary/aromatic N) is 2. The minimum absolute atomic E-state index is 0.0227. The summed E-state index contributed by atoms with van der Waals surface area (Å²) < 4.78 is 130. The van der Waals surface area contributed by atoms with Gasteiger partial charge in [0, 0.05) is 13.0 Å². The number of carbonyl (C=O) groups excluding carboxylic acids is 2. The number of benzene rings is 2. The molecule has 0 aromatic heterocycles. The largest absolute Gasteiger partial charge is 0.453 e. The number of amides is 2. The number of rotatable bonds is 4. The molecule has 2 aliphatic rings. The molecule has 5 nitrogen and oxygen atoms in total. The molecule has 0 radical (unpaired) electrons. The van der Waals surface area contributed by atoms with Crippen LogP contribution in [0.15, 0.2) is 42.5 Å². The average molecular weight is 603 g/mol. The molecule has 4 rings (SSSR count). The number of anilines is 1. The van der Waals surface area contributed by atoms with Crippen LogP contribution in [0.5, 0.6) is 0 Å². The van der Waals surface area contributed by atoms with Gasteiger partial charge < -0.3 is 4.74 Å². The molecular weight excluding hydrogens is 583 g/mol. The third-order valence-corrected chi connectivity index (χ3v) is 7.31. The maximum Gasteiger partial charge on any atom is 0.416 e. The van der Waals surface area contributed by atoms with E-state index in [0.29, 0.717) is 21.9 Å². The summed E-state index contributed by atoms with van der Waals surface area (Å²) in [6.07, 6.45) is -17.6. The van der Waals surface area contributed by atoms with E-state index in [2.05, 4.69) is 0 Å². The van der Waals surface area contributed by atoms with Crippen LogP contribution in [-0.4, -0.2) is 35.2 Å². The van der Waals surface area contributed by atoms with Crippen molar-refractivity contribution in [3.8, 4) is 0 Å². The summed E-state index contributed by atoms with van der Waals surface area (Å²) in [6.45, 7) is -0.966. The molecule has 218 valence electrons. The van der Waals surface area contributed by atoms with Gasteiger partial charge in [-0.15, -0.1) is 0 Å². The van der Waals surface area contributed by atoms with Gasteiger partial charge in [-0.25, -0.2) is 4.79 Å². The normalized spacial score (nSPS) is 21.6. The quantitative estimate of drug-likeness (QED) is 0.201. The van der Waals surface area contributed by atoms with Gasteiger partial charge in [-0.2, -0.15) is 39.5 Å². The fourth-order valence-electron chi connectivity index (χ4n) is 5.32. The summed E-state index contributed by atoms with van der Waals surface area (Å²) in [4.78, 5) is 26.4. The summed E-state index contributed by atoms with van der Waals surface area (Å²) in [5, 5.41) is -1.44. The van der Waals surface area contributed by atoms with Crippen LogP contribution in [0, 0.1) is 5.92 Å². The van der Waals surface area contributed by atoms with Crippen LogP contribution in [0.4, 0.5) is 54.8 Å². The SMILES string of the molecule is COC(=O)N(Cc1cc(C(F)(F)F)cc(C(F)(F)F)c1)C1CC(C2CC2)(C(F)(F)F)N(C(=O)Cl)c2ccccc21. The summed E-state index contributed by atoms with van der Waals surface area (Å²) >= 11 is 5.68. The Hall–Kier alpha value is -3.16. The van der Waals surface area contributed by atoms with Crippen molar-refractivity contribution in [2.24, 2.45) is 5.92 Å². The van der Waals surface area contributed by atoms with Crippen LogP contribution in [0.25, 0.3) is 0 Å². The highest BCUT2D eigenvalue weighted by Crippen LogP contribution is 2.60. The first-order chi connectivity index (χ1) is 18.4. The van der Waals surface area contributed by atoms with Crippen molar-refractivity contribution in [3.05, 3.63) is 64.7 Å². The first-order valence-electron chi connectivity index (χ1n) is 11.7. The molecule has 2 amide bonds. The Morgan fingerprint density at radius 2 is 1.52 bits per heavy atom. The number of fused-ring (bicyclic) bond motifs is 1. The van der Waals surface area contributed by atoms with E-state index in [4.69, 9.17) is 16.3 Å². The number of hydrogen-bond acceptors (Lipinski definition) is 3. The van der Waals surface area contributed by atoms with Crippen LogP contribution < -0.4 is 4.90 Å². The van der Waals surface area contributed by atoms with E-state index in [1.54, 1.807) is 0 Å². The van der Waals surface area contributed by atoms with Crippen molar-refractivity contribution in [2.45, 2.75) is 55.9 Å². The molecule has 2 atom stereocenters. The van der Waals surface area contributed by atoms with Crippen molar-refractivity contribution in [1.82, 2.24) is 4.90 Å². The molecule has 0 spiro atoms. The van der Waals surface area contributed by atoms with Crippen molar-refractivity contribution in [1.29, 1.82) is 0 Å². The Morgan fingerprint density at radius 1 is 0.975 bits per heavy atom. The maximum atomic E-state index is 14.9. The minimum atomic E-state index is -5.19. The fraction of sp³-hybridized carbons (Fsp3) is 0.440. The molecule has 2 aromatic rings. The lowest BCUT2D eigenvalue weighted by Crippen LogP contribution is -2.65. The number of carbonyl (C=O) groups is 2. The maximum absolute atomic E-state index is 14.9. The van der Waals surface area contributed by atoms with Gasteiger partial charge >= 0.3 is 30.0 Å². The third-order valence-electron chi connectivity index (χ3n) is 7.15. The highest BCUT2D eigenvalue weighted by atomic mass is 35.5. The zero-order chi connectivity index (χ0) is 29.8. The van der Waals surface area contributed by atoms with Crippen molar-refractivity contribution in [2.75, 3.05) is 12.0 Å². The van der Waals surface area contributed by atoms with Crippen molar-refractivity contribution < 1.29 is 53.8 Å². The minimum Gasteiger partial charge on any atom is -0.453 e. The van der Waals surface area contributed by atoms with Crippen molar-refractivity contribution >= 4 is 28.7 Å². The second-order valence-corrected chi connectivity index (χ2v) is 9.90. The van der Waals surface area contributed by atoms with Gasteiger partial charge in [0.2, 0.25) is 0 Å². The second-order valence-electron chi connectivity index (χ2n) is 9.58. The number of ether oxygens (including phenoxy) is 1. The Kier molecular flexibility index (Phi) is 7.48. The Labute approximate surface area is 226 Å². The zero-order valence-corrected chi connectivity index (χ0v) is 21.2. The first kappa shape index (κ1) is 29.8. The van der Waals surface area contributed by atoms with Gasteiger partial charge in [-0.05, 0) is 65.8 Å². The van der Waals surface area contributed by atoms with E-state index in [1.807, 2.05) is 0 Å². The fourth-order valence-corrected chi connectivity index (χ4v) is 5.57. The van der Waals surface area contributed by atoms with E-state index >= 15 is 0 Å². The van der Waals surface area contributed by atoms with Crippen LogP contribution in [-0.2, 0) is 23.6 Å². The number of methoxy groups -OCH3 is 1. The molecule has 40 heavy (non-hydrogen) atoms. The number of hydrogen-bond donors (Lipinski definition) is 0. The summed E-state index contributed by atoms with van der Waals surface area (Å²) in [5.41, 5.74) is -7.19. The van der Waals surface area contributed by atoms with E-state index in [-0.39, 0.29) is 30.2 Å². The van der Waals surface area contributed by atoms with Crippen LogP contribution in [0.1, 0.15) is 47.6 Å². The van der Waals surface area contributed by atoms with Crippen LogP contribution in [0.2, 0.25) is 0 Å². The predicted octanol–water partition coefficient (Wildman–Crippen LogP) is 8.31. The highest BCUT2D eigenvalue weighted by molar-refractivity contribution is 6.66. The topological polar surface area (TPSA) is 49.9 Å². The smallest absolute Gasteiger partial charge is 0.416 e. The molecule has 1 saturated carbocycles. The lowest BCUT2D eigenvalue weighted by Gasteiger charge is -2.52. The predicted molar refractivity (Wildman–Crippen MR) is 123 cm³/mol. The van der Waals surface area contributed by atoms with Gasteiger partial charge in [0.15, 0.2) is 0 Å². The lowest BCUT2D eigenvalue weighted by molar-refractivity contribution is -0.198. The Balaban J connectivity index is 1.91. The standard InChI is InChI=1S/C25H20ClF9N2O3/c1-40-21(39)36(12-13-8-15(23(27,28)29)10-16(9-13)24(30,31)32)19-11-22(14-6-7-14,25(33,34)35)37(20(26)38)18-5-3-2-4-17(18)19/h2-5,8-10,14,19H,6-7,11-12H2,1H3. The lowest BCUT2D eigenvalue weighted by atomic mass is 9.76. The average Bonchev–Trinajstić information content (AvgIpc) is 3.69. The molecule has 0 N–H and O–H groups in total. The summed E-state index contributed by atoms with van der Waals surface area (Å²) in [7, 11) is 0.865. The molecule has 15 heteroatoms. The van der Waals surface area contributed by atoms with E-state index < -0.39 is 77.1 Å². The Bertz CT molecular complexity index is 1280. The summed E-state index contributed by atoms with van der Waals surface area (Å²) in [5.74, 6) is -1.11. The highest BCUT2D eigenvalue weighted by Gasteiger charge is 2.69. The number of alkyl halides is 9. The number of para-hydroxylation sites is 1. The molecule has 2 aromatic carbocycles. The van der Waals surface area contributed by atoms with Gasteiger partial charge in [0.25, 0.3) is 0 Å². The van der Waals surface area contributed by atoms with Crippen LogP contribution >= 0.6 is 11.6 Å². The molecule has 0 bridgehead atoms. The van der Waals surface area contributed by atoms with Crippen LogP contribution in [0.3, 0.4) is 0 Å². The zero-order valence-electron chi connectivity index (χ0n) is 20.4. The molecule has 1 heterocycles. The molecule has 1 aliphatic carbocycles. The second kappa shape index (κ2) is 10.0. The molecular formula is C25H20ClF9N2O3. The third kappa shape index (κ3) is 5.29. The summed E-state index contributed by atoms with van der Waals surface area (Å²) in [6, 6.07) is 4.28. The molecule has 0 saturated heterocycles.